The summed E-state index contributed by atoms with van der Waals surface area (Å²) in [6.45, 7) is 7.94. The maximum atomic E-state index is 5.86. The van der Waals surface area contributed by atoms with E-state index in [1.165, 1.54) is 0 Å². The zero-order chi connectivity index (χ0) is 14.6. The minimum absolute atomic E-state index is 0.637. The maximum Gasteiger partial charge on any atom is 0.191 e. The van der Waals surface area contributed by atoms with Gasteiger partial charge in [-0.05, 0) is 38.0 Å². The van der Waals surface area contributed by atoms with E-state index in [9.17, 15) is 0 Å². The number of aliphatic imine (C=N–C) groups is 1. The lowest BCUT2D eigenvalue weighted by Crippen LogP contribution is -2.38. The third-order valence-corrected chi connectivity index (χ3v) is 2.89. The molecule has 0 aliphatic rings. The fourth-order valence-corrected chi connectivity index (χ4v) is 1.75. The van der Waals surface area contributed by atoms with Gasteiger partial charge in [-0.25, -0.2) is 4.99 Å². The lowest BCUT2D eigenvalue weighted by atomic mass is 10.2. The smallest absolute Gasteiger partial charge is 0.191 e. The van der Waals surface area contributed by atoms with E-state index in [2.05, 4.69) is 22.5 Å². The van der Waals surface area contributed by atoms with Crippen LogP contribution in [0.15, 0.2) is 29.3 Å². The van der Waals surface area contributed by atoms with Crippen molar-refractivity contribution in [3.8, 4) is 0 Å². The van der Waals surface area contributed by atoms with Gasteiger partial charge in [0.25, 0.3) is 0 Å². The molecule has 0 heterocycles. The average Bonchev–Trinajstić information content (AvgIpc) is 2.46. The number of nitrogens with zero attached hydrogens (tertiary/aromatic N) is 1. The van der Waals surface area contributed by atoms with Gasteiger partial charge in [-0.1, -0.05) is 23.7 Å². The molecule has 0 spiro atoms. The van der Waals surface area contributed by atoms with Crippen molar-refractivity contribution >= 4 is 17.6 Å². The topological polar surface area (TPSA) is 45.7 Å². The Labute approximate surface area is 126 Å². The molecule has 1 rings (SSSR count). The molecule has 20 heavy (non-hydrogen) atoms. The van der Waals surface area contributed by atoms with Crippen molar-refractivity contribution in [1.82, 2.24) is 10.6 Å². The molecule has 1 aromatic rings. The van der Waals surface area contributed by atoms with Crippen LogP contribution >= 0.6 is 11.6 Å². The van der Waals surface area contributed by atoms with Crippen LogP contribution in [0.5, 0.6) is 0 Å². The van der Waals surface area contributed by atoms with Crippen LogP contribution in [-0.2, 0) is 11.3 Å². The van der Waals surface area contributed by atoms with Crippen molar-refractivity contribution in [2.45, 2.75) is 26.8 Å². The van der Waals surface area contributed by atoms with Crippen molar-refractivity contribution in [3.05, 3.63) is 34.9 Å². The van der Waals surface area contributed by atoms with Gasteiger partial charge in [-0.2, -0.15) is 0 Å². The van der Waals surface area contributed by atoms with Gasteiger partial charge in [-0.3, -0.25) is 0 Å². The summed E-state index contributed by atoms with van der Waals surface area (Å²) in [5, 5.41) is 7.27. The van der Waals surface area contributed by atoms with E-state index in [-0.39, 0.29) is 0 Å². The van der Waals surface area contributed by atoms with Gasteiger partial charge >= 0.3 is 0 Å². The largest absolute Gasteiger partial charge is 0.382 e. The lowest BCUT2D eigenvalue weighted by molar-refractivity contribution is 0.145. The second kappa shape index (κ2) is 10.5. The van der Waals surface area contributed by atoms with Crippen molar-refractivity contribution in [3.63, 3.8) is 0 Å². The molecule has 1 aromatic carbocycles. The number of ether oxygens (including phenoxy) is 1. The minimum atomic E-state index is 0.637. The van der Waals surface area contributed by atoms with Gasteiger partial charge in [-0.15, -0.1) is 0 Å². The first-order chi connectivity index (χ1) is 9.76. The van der Waals surface area contributed by atoms with Crippen LogP contribution in [-0.4, -0.2) is 32.3 Å². The first kappa shape index (κ1) is 16.8. The highest BCUT2D eigenvalue weighted by Gasteiger charge is 1.97. The zero-order valence-corrected chi connectivity index (χ0v) is 13.0. The van der Waals surface area contributed by atoms with Gasteiger partial charge in [0.05, 0.1) is 6.54 Å². The molecule has 0 saturated carbocycles. The number of halogens is 1. The summed E-state index contributed by atoms with van der Waals surface area (Å²) in [4.78, 5) is 4.54. The van der Waals surface area contributed by atoms with Crippen LogP contribution < -0.4 is 10.6 Å². The summed E-state index contributed by atoms with van der Waals surface area (Å²) in [6, 6.07) is 7.75. The number of hydrogen-bond acceptors (Lipinski definition) is 2. The van der Waals surface area contributed by atoms with E-state index in [1.54, 1.807) is 0 Å². The molecular formula is C15H24ClN3O. The molecule has 0 aliphatic heterocycles. The Morgan fingerprint density at radius 3 is 2.60 bits per heavy atom. The van der Waals surface area contributed by atoms with Crippen LogP contribution in [0.1, 0.15) is 25.8 Å². The van der Waals surface area contributed by atoms with Crippen molar-refractivity contribution in [2.75, 3.05) is 26.3 Å². The molecule has 0 aliphatic carbocycles. The van der Waals surface area contributed by atoms with Crippen LogP contribution in [0.2, 0.25) is 5.02 Å². The first-order valence-electron chi connectivity index (χ1n) is 7.10. The van der Waals surface area contributed by atoms with Gasteiger partial charge in [0, 0.05) is 31.3 Å². The molecule has 0 saturated heterocycles. The van der Waals surface area contributed by atoms with E-state index < -0.39 is 0 Å². The molecular weight excluding hydrogens is 274 g/mol. The number of nitrogens with one attached hydrogen (secondary N) is 2. The molecule has 5 heteroatoms. The van der Waals surface area contributed by atoms with Crippen molar-refractivity contribution in [2.24, 2.45) is 4.99 Å². The summed E-state index contributed by atoms with van der Waals surface area (Å²) in [6.07, 6.45) is 0.971. The summed E-state index contributed by atoms with van der Waals surface area (Å²) in [5.41, 5.74) is 1.14. The summed E-state index contributed by atoms with van der Waals surface area (Å²) in [5.74, 6) is 0.832. The quantitative estimate of drug-likeness (QED) is 0.441. The first-order valence-corrected chi connectivity index (χ1v) is 7.48. The van der Waals surface area contributed by atoms with Crippen LogP contribution in [0.3, 0.4) is 0 Å². The van der Waals surface area contributed by atoms with Gasteiger partial charge in [0.1, 0.15) is 0 Å². The van der Waals surface area contributed by atoms with Gasteiger partial charge in [0.2, 0.25) is 0 Å². The van der Waals surface area contributed by atoms with Gasteiger partial charge in [0.15, 0.2) is 5.96 Å². The normalized spacial score (nSPS) is 11.4. The maximum absolute atomic E-state index is 5.86. The fraction of sp³-hybridized carbons (Fsp3) is 0.533. The predicted molar refractivity (Wildman–Crippen MR) is 85.4 cm³/mol. The Hall–Kier alpha value is -1.26. The number of benzene rings is 1. The Morgan fingerprint density at radius 2 is 1.95 bits per heavy atom. The van der Waals surface area contributed by atoms with Crippen LogP contribution in [0.4, 0.5) is 0 Å². The predicted octanol–water partition coefficient (Wildman–Crippen LogP) is 2.82. The standard InChI is InChI=1S/C15H24ClN3O/c1-3-17-15(18-10-5-11-20-4-2)19-12-13-6-8-14(16)9-7-13/h6-9H,3-5,10-12H2,1-2H3,(H2,17,18,19). The molecule has 0 unspecified atom stereocenters. The third-order valence-electron chi connectivity index (χ3n) is 2.64. The zero-order valence-electron chi connectivity index (χ0n) is 12.3. The fourth-order valence-electron chi connectivity index (χ4n) is 1.63. The minimum Gasteiger partial charge on any atom is -0.382 e. The molecule has 0 atom stereocenters. The van der Waals surface area contributed by atoms with E-state index in [0.717, 1.165) is 49.3 Å². The third kappa shape index (κ3) is 7.36. The van der Waals surface area contributed by atoms with Crippen LogP contribution in [0, 0.1) is 0 Å². The molecule has 0 aromatic heterocycles. The monoisotopic (exact) mass is 297 g/mol. The van der Waals surface area contributed by atoms with E-state index in [4.69, 9.17) is 16.3 Å². The van der Waals surface area contributed by atoms with E-state index in [0.29, 0.717) is 6.54 Å². The molecule has 4 nitrogen and oxygen atoms in total. The molecule has 112 valence electrons. The second-order valence-electron chi connectivity index (χ2n) is 4.30. The van der Waals surface area contributed by atoms with Crippen molar-refractivity contribution in [1.29, 1.82) is 0 Å². The second-order valence-corrected chi connectivity index (χ2v) is 4.74. The highest BCUT2D eigenvalue weighted by Crippen LogP contribution is 2.09. The number of rotatable bonds is 8. The van der Waals surface area contributed by atoms with E-state index >= 15 is 0 Å². The Kier molecular flexibility index (Phi) is 8.83. The number of hydrogen-bond donors (Lipinski definition) is 2. The summed E-state index contributed by atoms with van der Waals surface area (Å²) in [7, 11) is 0. The molecule has 2 N–H and O–H groups in total. The summed E-state index contributed by atoms with van der Waals surface area (Å²) < 4.78 is 5.30. The SMILES string of the molecule is CCNC(=NCc1ccc(Cl)cc1)NCCCOCC. The number of guanidine groups is 1. The van der Waals surface area contributed by atoms with Crippen LogP contribution in [0.25, 0.3) is 0 Å². The highest BCUT2D eigenvalue weighted by molar-refractivity contribution is 6.30. The van der Waals surface area contributed by atoms with E-state index in [1.807, 2.05) is 31.2 Å². The molecule has 0 fully saturated rings. The van der Waals surface area contributed by atoms with Gasteiger partial charge < -0.3 is 15.4 Å². The molecule has 0 amide bonds. The highest BCUT2D eigenvalue weighted by atomic mass is 35.5. The Balaban J connectivity index is 2.39. The Bertz CT molecular complexity index is 393. The Morgan fingerprint density at radius 1 is 1.20 bits per heavy atom. The molecule has 0 radical (unpaired) electrons. The average molecular weight is 298 g/mol. The summed E-state index contributed by atoms with van der Waals surface area (Å²) >= 11 is 5.86. The lowest BCUT2D eigenvalue weighted by Gasteiger charge is -2.11. The molecule has 0 bridgehead atoms. The van der Waals surface area contributed by atoms with Crippen molar-refractivity contribution < 1.29 is 4.74 Å².